The Labute approximate surface area is 107 Å². The molecule has 0 aliphatic rings. The average Bonchev–Trinajstić information content (AvgIpc) is 2.33. The van der Waals surface area contributed by atoms with Gasteiger partial charge in [0.15, 0.2) is 0 Å². The van der Waals surface area contributed by atoms with Crippen molar-refractivity contribution in [3.8, 4) is 0 Å². The number of benzene rings is 1. The second-order valence-corrected chi connectivity index (χ2v) is 4.87. The number of halogens is 3. The van der Waals surface area contributed by atoms with E-state index >= 15 is 0 Å². The number of hydrogen-bond acceptors (Lipinski definition) is 0. The van der Waals surface area contributed by atoms with E-state index in [1.807, 2.05) is 6.92 Å². The van der Waals surface area contributed by atoms with Gasteiger partial charge in [-0.25, -0.2) is 0 Å². The third-order valence-electron chi connectivity index (χ3n) is 3.27. The third-order valence-corrected chi connectivity index (χ3v) is 3.27. The second-order valence-electron chi connectivity index (χ2n) is 4.87. The number of alkyl halides is 3. The highest BCUT2D eigenvalue weighted by Gasteiger charge is 2.30. The third kappa shape index (κ3) is 4.71. The molecule has 0 aliphatic heterocycles. The summed E-state index contributed by atoms with van der Waals surface area (Å²) in [5.74, 6) is 0.198. The normalized spacial score (nSPS) is 13.6. The van der Waals surface area contributed by atoms with Crippen molar-refractivity contribution in [2.24, 2.45) is 0 Å². The molecule has 3 heteroatoms. The van der Waals surface area contributed by atoms with E-state index in [0.29, 0.717) is 0 Å². The van der Waals surface area contributed by atoms with Crippen LogP contribution in [0.4, 0.5) is 13.2 Å². The molecular formula is C15H21F3. The van der Waals surface area contributed by atoms with E-state index < -0.39 is 11.7 Å². The van der Waals surface area contributed by atoms with Gasteiger partial charge in [0, 0.05) is 0 Å². The van der Waals surface area contributed by atoms with Crippen LogP contribution >= 0.6 is 0 Å². The Morgan fingerprint density at radius 2 is 1.83 bits per heavy atom. The number of rotatable bonds is 6. The Morgan fingerprint density at radius 1 is 1.11 bits per heavy atom. The molecule has 0 nitrogen and oxygen atoms in total. The van der Waals surface area contributed by atoms with Crippen molar-refractivity contribution in [2.75, 3.05) is 0 Å². The van der Waals surface area contributed by atoms with Crippen molar-refractivity contribution in [1.82, 2.24) is 0 Å². The van der Waals surface area contributed by atoms with Gasteiger partial charge in [-0.3, -0.25) is 0 Å². The summed E-state index contributed by atoms with van der Waals surface area (Å²) < 4.78 is 37.8. The molecule has 0 N–H and O–H groups in total. The van der Waals surface area contributed by atoms with Crippen molar-refractivity contribution in [3.05, 3.63) is 35.4 Å². The summed E-state index contributed by atoms with van der Waals surface area (Å²) in [6.45, 7) is 4.15. The highest BCUT2D eigenvalue weighted by molar-refractivity contribution is 5.27. The molecule has 0 saturated carbocycles. The molecule has 0 aliphatic carbocycles. The van der Waals surface area contributed by atoms with Crippen LogP contribution in [0.5, 0.6) is 0 Å². The number of unbranched alkanes of at least 4 members (excludes halogenated alkanes) is 3. The Balaban J connectivity index is 2.60. The van der Waals surface area contributed by atoms with Crippen LogP contribution in [-0.4, -0.2) is 0 Å². The zero-order valence-corrected chi connectivity index (χ0v) is 11.1. The van der Waals surface area contributed by atoms with Gasteiger partial charge in [0.25, 0.3) is 0 Å². The maximum atomic E-state index is 12.6. The van der Waals surface area contributed by atoms with E-state index in [9.17, 15) is 13.2 Å². The zero-order valence-electron chi connectivity index (χ0n) is 11.1. The lowest BCUT2D eigenvalue weighted by Crippen LogP contribution is -2.06. The molecule has 0 aromatic heterocycles. The Bertz CT molecular complexity index is 355. The van der Waals surface area contributed by atoms with Crippen LogP contribution in [0.25, 0.3) is 0 Å². The molecule has 0 heterocycles. The maximum absolute atomic E-state index is 12.6. The fourth-order valence-corrected chi connectivity index (χ4v) is 2.07. The minimum Gasteiger partial charge on any atom is -0.166 e. The molecule has 1 aromatic carbocycles. The molecule has 102 valence electrons. The van der Waals surface area contributed by atoms with Crippen molar-refractivity contribution in [1.29, 1.82) is 0 Å². The molecule has 0 fully saturated rings. The van der Waals surface area contributed by atoms with Gasteiger partial charge >= 0.3 is 6.18 Å². The minimum atomic E-state index is -4.24. The summed E-state index contributed by atoms with van der Waals surface area (Å²) in [5.41, 5.74) is 0.252. The fraction of sp³-hybridized carbons (Fsp3) is 0.600. The standard InChI is InChI=1S/C15H21F3/c1-3-4-5-6-8-12(2)13-9-7-10-14(11-13)15(16,17)18/h7,9-12H,3-6,8H2,1-2H3. The van der Waals surface area contributed by atoms with Crippen LogP contribution in [-0.2, 0) is 6.18 Å². The van der Waals surface area contributed by atoms with E-state index in [2.05, 4.69) is 6.92 Å². The Kier molecular flexibility index (Phi) is 5.70. The smallest absolute Gasteiger partial charge is 0.166 e. The van der Waals surface area contributed by atoms with E-state index in [0.717, 1.165) is 24.5 Å². The maximum Gasteiger partial charge on any atom is 0.416 e. The Hall–Kier alpha value is -0.990. The second kappa shape index (κ2) is 6.81. The summed E-state index contributed by atoms with van der Waals surface area (Å²) >= 11 is 0. The molecule has 1 aromatic rings. The molecule has 1 rings (SSSR count). The van der Waals surface area contributed by atoms with Crippen LogP contribution in [0.1, 0.15) is 63.0 Å². The Morgan fingerprint density at radius 3 is 2.44 bits per heavy atom. The van der Waals surface area contributed by atoms with Crippen molar-refractivity contribution in [2.45, 2.75) is 58.0 Å². The van der Waals surface area contributed by atoms with E-state index in [1.54, 1.807) is 6.07 Å². The minimum absolute atomic E-state index is 0.198. The van der Waals surface area contributed by atoms with Crippen molar-refractivity contribution < 1.29 is 13.2 Å². The van der Waals surface area contributed by atoms with E-state index in [-0.39, 0.29) is 5.92 Å². The van der Waals surface area contributed by atoms with Crippen LogP contribution in [0.15, 0.2) is 24.3 Å². The predicted molar refractivity (Wildman–Crippen MR) is 68.6 cm³/mol. The molecule has 0 amide bonds. The molecule has 18 heavy (non-hydrogen) atoms. The van der Waals surface area contributed by atoms with Gasteiger partial charge in [0.2, 0.25) is 0 Å². The first-order chi connectivity index (χ1) is 8.45. The summed E-state index contributed by atoms with van der Waals surface area (Å²) in [7, 11) is 0. The molecule has 0 spiro atoms. The summed E-state index contributed by atoms with van der Waals surface area (Å²) in [6, 6.07) is 5.71. The van der Waals surface area contributed by atoms with Gasteiger partial charge in [0.1, 0.15) is 0 Å². The topological polar surface area (TPSA) is 0 Å². The first-order valence-electron chi connectivity index (χ1n) is 6.62. The first kappa shape index (κ1) is 15.1. The fourth-order valence-electron chi connectivity index (χ4n) is 2.07. The van der Waals surface area contributed by atoms with Crippen LogP contribution in [0.2, 0.25) is 0 Å². The van der Waals surface area contributed by atoms with Gasteiger partial charge in [-0.1, -0.05) is 57.7 Å². The van der Waals surface area contributed by atoms with Gasteiger partial charge in [-0.2, -0.15) is 13.2 Å². The molecule has 0 radical (unpaired) electrons. The van der Waals surface area contributed by atoms with Crippen LogP contribution in [0, 0.1) is 0 Å². The van der Waals surface area contributed by atoms with Crippen molar-refractivity contribution >= 4 is 0 Å². The van der Waals surface area contributed by atoms with Crippen LogP contribution < -0.4 is 0 Å². The highest BCUT2D eigenvalue weighted by Crippen LogP contribution is 2.32. The first-order valence-corrected chi connectivity index (χ1v) is 6.62. The van der Waals surface area contributed by atoms with Crippen molar-refractivity contribution in [3.63, 3.8) is 0 Å². The lowest BCUT2D eigenvalue weighted by Gasteiger charge is -2.14. The molecule has 1 unspecified atom stereocenters. The molecule has 0 bridgehead atoms. The SMILES string of the molecule is CCCCCCC(C)c1cccc(C(F)(F)F)c1. The average molecular weight is 258 g/mol. The lowest BCUT2D eigenvalue weighted by atomic mass is 9.93. The highest BCUT2D eigenvalue weighted by atomic mass is 19.4. The van der Waals surface area contributed by atoms with E-state index in [1.165, 1.54) is 31.4 Å². The van der Waals surface area contributed by atoms with Gasteiger partial charge < -0.3 is 0 Å². The summed E-state index contributed by atoms with van der Waals surface area (Å²) in [4.78, 5) is 0. The molecule has 1 atom stereocenters. The zero-order chi connectivity index (χ0) is 13.6. The van der Waals surface area contributed by atoms with Gasteiger partial charge in [0.05, 0.1) is 5.56 Å². The van der Waals surface area contributed by atoms with Crippen LogP contribution in [0.3, 0.4) is 0 Å². The summed E-state index contributed by atoms with van der Waals surface area (Å²) in [6.07, 6.45) is 1.36. The quantitative estimate of drug-likeness (QED) is 0.567. The number of hydrogen-bond donors (Lipinski definition) is 0. The molecule has 0 saturated heterocycles. The van der Waals surface area contributed by atoms with E-state index in [4.69, 9.17) is 0 Å². The lowest BCUT2D eigenvalue weighted by molar-refractivity contribution is -0.137. The monoisotopic (exact) mass is 258 g/mol. The molecular weight excluding hydrogens is 237 g/mol. The predicted octanol–water partition coefficient (Wildman–Crippen LogP) is 5.78. The largest absolute Gasteiger partial charge is 0.416 e. The summed E-state index contributed by atoms with van der Waals surface area (Å²) in [5, 5.41) is 0. The van der Waals surface area contributed by atoms with Gasteiger partial charge in [-0.05, 0) is 24.0 Å². The van der Waals surface area contributed by atoms with Gasteiger partial charge in [-0.15, -0.1) is 0 Å².